The highest BCUT2D eigenvalue weighted by Crippen LogP contribution is 2.43. The van der Waals surface area contributed by atoms with Crippen LogP contribution >= 0.6 is 0 Å². The summed E-state index contributed by atoms with van der Waals surface area (Å²) in [5.41, 5.74) is 0.149. The van der Waals surface area contributed by atoms with Gasteiger partial charge < -0.3 is 14.8 Å². The molecule has 2 unspecified atom stereocenters. The zero-order valence-electron chi connectivity index (χ0n) is 10.9. The Hall–Kier alpha value is -1.29. The lowest BCUT2D eigenvalue weighted by atomic mass is 9.64. The topological polar surface area (TPSA) is 43.4 Å². The average molecular weight is 236 g/mol. The highest BCUT2D eigenvalue weighted by Gasteiger charge is 2.48. The first kappa shape index (κ1) is 12.2. The standard InChI is InChI=1S/C13H20N2O2/c1-13(2)10(7-11(13)17-4)15-12-6-5-9(16-3)8-14-12/h5-6,8,10-11H,7H2,1-4H3,(H,14,15). The predicted molar refractivity (Wildman–Crippen MR) is 67.4 cm³/mol. The summed E-state index contributed by atoms with van der Waals surface area (Å²) >= 11 is 0. The first-order valence-corrected chi connectivity index (χ1v) is 5.87. The van der Waals surface area contributed by atoms with Crippen LogP contribution in [0.25, 0.3) is 0 Å². The molecule has 0 aromatic carbocycles. The Morgan fingerprint density at radius 2 is 2.12 bits per heavy atom. The van der Waals surface area contributed by atoms with Crippen LogP contribution in [0, 0.1) is 5.41 Å². The fourth-order valence-corrected chi connectivity index (χ4v) is 2.30. The van der Waals surface area contributed by atoms with Gasteiger partial charge in [0.05, 0.1) is 19.4 Å². The molecule has 1 N–H and O–H groups in total. The second-order valence-corrected chi connectivity index (χ2v) is 5.06. The van der Waals surface area contributed by atoms with Gasteiger partial charge in [0, 0.05) is 18.6 Å². The Labute approximate surface area is 102 Å². The van der Waals surface area contributed by atoms with Gasteiger partial charge in [0.2, 0.25) is 0 Å². The molecule has 2 atom stereocenters. The minimum absolute atomic E-state index is 0.149. The summed E-state index contributed by atoms with van der Waals surface area (Å²) in [6.07, 6.45) is 3.08. The van der Waals surface area contributed by atoms with Crippen LogP contribution in [-0.4, -0.2) is 31.3 Å². The molecule has 0 saturated heterocycles. The fraction of sp³-hybridized carbons (Fsp3) is 0.615. The van der Waals surface area contributed by atoms with Crippen molar-refractivity contribution in [1.82, 2.24) is 4.98 Å². The Bertz CT molecular complexity index is 376. The van der Waals surface area contributed by atoms with Crippen molar-refractivity contribution in [3.63, 3.8) is 0 Å². The molecule has 1 saturated carbocycles. The largest absolute Gasteiger partial charge is 0.495 e. The van der Waals surface area contributed by atoms with Crippen LogP contribution in [0.5, 0.6) is 5.75 Å². The van der Waals surface area contributed by atoms with Gasteiger partial charge >= 0.3 is 0 Å². The lowest BCUT2D eigenvalue weighted by molar-refractivity contribution is -0.0795. The molecule has 0 amide bonds. The summed E-state index contributed by atoms with van der Waals surface area (Å²) < 4.78 is 10.5. The molecule has 17 heavy (non-hydrogen) atoms. The van der Waals surface area contributed by atoms with E-state index in [0.29, 0.717) is 12.1 Å². The van der Waals surface area contributed by atoms with E-state index in [1.165, 1.54) is 0 Å². The molecule has 1 aliphatic carbocycles. The second-order valence-electron chi connectivity index (χ2n) is 5.06. The Kier molecular flexibility index (Phi) is 3.24. The number of anilines is 1. The number of ether oxygens (including phenoxy) is 2. The molecule has 1 aliphatic rings. The molecule has 1 heterocycles. The lowest BCUT2D eigenvalue weighted by Gasteiger charge is -2.51. The summed E-state index contributed by atoms with van der Waals surface area (Å²) in [6.45, 7) is 4.43. The third-order valence-corrected chi connectivity index (χ3v) is 3.76. The highest BCUT2D eigenvalue weighted by molar-refractivity contribution is 5.40. The van der Waals surface area contributed by atoms with Crippen molar-refractivity contribution >= 4 is 5.82 Å². The fourth-order valence-electron chi connectivity index (χ4n) is 2.30. The summed E-state index contributed by atoms with van der Waals surface area (Å²) in [6, 6.07) is 4.26. The van der Waals surface area contributed by atoms with Gasteiger partial charge in [-0.3, -0.25) is 0 Å². The van der Waals surface area contributed by atoms with E-state index >= 15 is 0 Å². The minimum Gasteiger partial charge on any atom is -0.495 e. The molecule has 1 aromatic heterocycles. The van der Waals surface area contributed by atoms with Crippen LogP contribution in [0.4, 0.5) is 5.82 Å². The van der Waals surface area contributed by atoms with E-state index in [9.17, 15) is 0 Å². The number of aromatic nitrogens is 1. The Morgan fingerprint density at radius 1 is 1.35 bits per heavy atom. The molecule has 0 radical (unpaired) electrons. The predicted octanol–water partition coefficient (Wildman–Crippen LogP) is 2.32. The van der Waals surface area contributed by atoms with Gasteiger partial charge in [-0.2, -0.15) is 0 Å². The average Bonchev–Trinajstić information content (AvgIpc) is 2.34. The maximum atomic E-state index is 5.43. The van der Waals surface area contributed by atoms with E-state index in [2.05, 4.69) is 24.1 Å². The van der Waals surface area contributed by atoms with Crippen molar-refractivity contribution < 1.29 is 9.47 Å². The van der Waals surface area contributed by atoms with Gasteiger partial charge in [0.15, 0.2) is 0 Å². The highest BCUT2D eigenvalue weighted by atomic mass is 16.5. The van der Waals surface area contributed by atoms with Crippen molar-refractivity contribution in [1.29, 1.82) is 0 Å². The van der Waals surface area contributed by atoms with Crippen molar-refractivity contribution in [2.24, 2.45) is 5.41 Å². The Morgan fingerprint density at radius 3 is 2.59 bits per heavy atom. The van der Waals surface area contributed by atoms with Crippen molar-refractivity contribution in [2.75, 3.05) is 19.5 Å². The van der Waals surface area contributed by atoms with Crippen molar-refractivity contribution in [3.05, 3.63) is 18.3 Å². The molecule has 1 fully saturated rings. The van der Waals surface area contributed by atoms with Crippen LogP contribution in [0.2, 0.25) is 0 Å². The van der Waals surface area contributed by atoms with E-state index in [4.69, 9.17) is 9.47 Å². The van der Waals surface area contributed by atoms with E-state index in [1.54, 1.807) is 20.4 Å². The molecule has 4 heteroatoms. The molecule has 94 valence electrons. The first-order chi connectivity index (χ1) is 8.07. The van der Waals surface area contributed by atoms with Gasteiger partial charge in [-0.1, -0.05) is 13.8 Å². The normalized spacial score (nSPS) is 26.1. The summed E-state index contributed by atoms with van der Waals surface area (Å²) in [4.78, 5) is 4.31. The van der Waals surface area contributed by atoms with Crippen molar-refractivity contribution in [2.45, 2.75) is 32.4 Å². The Balaban J connectivity index is 1.98. The minimum atomic E-state index is 0.149. The maximum absolute atomic E-state index is 5.43. The number of rotatable bonds is 4. The molecule has 0 bridgehead atoms. The third kappa shape index (κ3) is 2.22. The molecular weight excluding hydrogens is 216 g/mol. The molecule has 2 rings (SSSR count). The third-order valence-electron chi connectivity index (χ3n) is 3.76. The summed E-state index contributed by atoms with van der Waals surface area (Å²) in [5.74, 6) is 1.66. The maximum Gasteiger partial charge on any atom is 0.137 e. The molecule has 1 aromatic rings. The van der Waals surface area contributed by atoms with Gasteiger partial charge in [0.1, 0.15) is 11.6 Å². The first-order valence-electron chi connectivity index (χ1n) is 5.87. The number of nitrogens with one attached hydrogen (secondary N) is 1. The molecule has 0 spiro atoms. The van der Waals surface area contributed by atoms with Gasteiger partial charge in [0.25, 0.3) is 0 Å². The van der Waals surface area contributed by atoms with Crippen LogP contribution in [0.15, 0.2) is 18.3 Å². The van der Waals surface area contributed by atoms with Gasteiger partial charge in [-0.15, -0.1) is 0 Å². The number of nitrogens with zero attached hydrogens (tertiary/aromatic N) is 1. The van der Waals surface area contributed by atoms with E-state index in [0.717, 1.165) is 18.0 Å². The van der Waals surface area contributed by atoms with E-state index in [-0.39, 0.29) is 5.41 Å². The van der Waals surface area contributed by atoms with Crippen LogP contribution in [0.1, 0.15) is 20.3 Å². The number of hydrogen-bond donors (Lipinski definition) is 1. The number of hydrogen-bond acceptors (Lipinski definition) is 4. The van der Waals surface area contributed by atoms with Crippen LogP contribution in [-0.2, 0) is 4.74 Å². The SMILES string of the molecule is COc1ccc(NC2CC(OC)C2(C)C)nc1. The summed E-state index contributed by atoms with van der Waals surface area (Å²) in [7, 11) is 3.41. The summed E-state index contributed by atoms with van der Waals surface area (Å²) in [5, 5.41) is 3.44. The second kappa shape index (κ2) is 4.53. The zero-order valence-corrected chi connectivity index (χ0v) is 10.9. The lowest BCUT2D eigenvalue weighted by Crippen LogP contribution is -2.57. The van der Waals surface area contributed by atoms with E-state index < -0.39 is 0 Å². The smallest absolute Gasteiger partial charge is 0.137 e. The van der Waals surface area contributed by atoms with E-state index in [1.807, 2.05) is 12.1 Å². The number of pyridine rings is 1. The van der Waals surface area contributed by atoms with Crippen LogP contribution < -0.4 is 10.1 Å². The molecule has 0 aliphatic heterocycles. The number of methoxy groups -OCH3 is 2. The van der Waals surface area contributed by atoms with Gasteiger partial charge in [-0.25, -0.2) is 4.98 Å². The monoisotopic (exact) mass is 236 g/mol. The van der Waals surface area contributed by atoms with Crippen LogP contribution in [0.3, 0.4) is 0 Å². The van der Waals surface area contributed by atoms with Crippen molar-refractivity contribution in [3.8, 4) is 5.75 Å². The zero-order chi connectivity index (χ0) is 12.5. The van der Waals surface area contributed by atoms with Gasteiger partial charge in [-0.05, 0) is 18.6 Å². The molecule has 4 nitrogen and oxygen atoms in total. The quantitative estimate of drug-likeness (QED) is 0.871. The molecular formula is C13H20N2O2.